The molecule has 182 valence electrons. The van der Waals surface area contributed by atoms with Crippen LogP contribution in [-0.4, -0.2) is 43.2 Å². The topological polar surface area (TPSA) is 88.9 Å². The Bertz CT molecular complexity index is 1410. The Hall–Kier alpha value is -3.52. The van der Waals surface area contributed by atoms with E-state index in [4.69, 9.17) is 4.74 Å². The lowest BCUT2D eigenvalue weighted by Crippen LogP contribution is -2.40. The van der Waals surface area contributed by atoms with Crippen molar-refractivity contribution >= 4 is 10.9 Å². The normalized spacial score (nSPS) is 15.2. The van der Waals surface area contributed by atoms with Gasteiger partial charge in [0, 0.05) is 29.6 Å². The maximum absolute atomic E-state index is 13.5. The molecular weight excluding hydrogens is 440 g/mol. The molecule has 0 saturated carbocycles. The number of tetrazole rings is 1. The van der Waals surface area contributed by atoms with Gasteiger partial charge in [-0.1, -0.05) is 31.2 Å². The van der Waals surface area contributed by atoms with Gasteiger partial charge in [0.25, 0.3) is 5.56 Å². The molecule has 0 unspecified atom stereocenters. The fourth-order valence-corrected chi connectivity index (χ4v) is 4.84. The number of nitrogens with zero attached hydrogens (tertiary/aromatic N) is 5. The zero-order valence-electron chi connectivity index (χ0n) is 20.8. The predicted octanol–water partition coefficient (Wildman–Crippen LogP) is 4.21. The van der Waals surface area contributed by atoms with Crippen LogP contribution in [0.3, 0.4) is 0 Å². The minimum absolute atomic E-state index is 0.130. The van der Waals surface area contributed by atoms with E-state index in [-0.39, 0.29) is 11.1 Å². The van der Waals surface area contributed by atoms with E-state index in [0.717, 1.165) is 42.6 Å². The molecule has 0 radical (unpaired) electrons. The Kier molecular flexibility index (Phi) is 6.15. The Balaban J connectivity index is 1.68. The van der Waals surface area contributed by atoms with Gasteiger partial charge in [-0.2, -0.15) is 0 Å². The SMILES string of the molecule is CCOc1ccc2[nH]c(=O)c([C@H](c3nnnn3C(C)(C)CC)N3CCc4ccccc4C3)cc2c1. The summed E-state index contributed by atoms with van der Waals surface area (Å²) in [5.74, 6) is 1.46. The van der Waals surface area contributed by atoms with Gasteiger partial charge in [-0.15, -0.1) is 5.10 Å². The lowest BCUT2D eigenvalue weighted by atomic mass is 9.95. The molecule has 0 fully saturated rings. The molecule has 0 saturated heterocycles. The van der Waals surface area contributed by atoms with Gasteiger partial charge in [-0.05, 0) is 79.4 Å². The van der Waals surface area contributed by atoms with Crippen molar-refractivity contribution in [3.63, 3.8) is 0 Å². The monoisotopic (exact) mass is 472 g/mol. The van der Waals surface area contributed by atoms with Crippen molar-refractivity contribution in [1.82, 2.24) is 30.1 Å². The highest BCUT2D eigenvalue weighted by Crippen LogP contribution is 2.34. The maximum atomic E-state index is 13.5. The fraction of sp³-hybridized carbons (Fsp3) is 0.407. The first-order valence-electron chi connectivity index (χ1n) is 12.3. The summed E-state index contributed by atoms with van der Waals surface area (Å²) in [6.45, 7) is 10.4. The summed E-state index contributed by atoms with van der Waals surface area (Å²) in [5, 5.41) is 13.8. The molecule has 0 aliphatic carbocycles. The third kappa shape index (κ3) is 4.34. The summed E-state index contributed by atoms with van der Waals surface area (Å²) in [6, 6.07) is 15.8. The van der Waals surface area contributed by atoms with Gasteiger partial charge >= 0.3 is 0 Å². The number of pyridine rings is 1. The summed E-state index contributed by atoms with van der Waals surface area (Å²) >= 11 is 0. The average molecular weight is 473 g/mol. The van der Waals surface area contributed by atoms with Crippen molar-refractivity contribution in [2.45, 2.75) is 58.7 Å². The van der Waals surface area contributed by atoms with E-state index in [1.807, 2.05) is 35.9 Å². The summed E-state index contributed by atoms with van der Waals surface area (Å²) in [5.41, 5.74) is 3.61. The third-order valence-electron chi connectivity index (χ3n) is 7.15. The van der Waals surface area contributed by atoms with Crippen LogP contribution in [-0.2, 0) is 18.5 Å². The zero-order valence-corrected chi connectivity index (χ0v) is 20.8. The van der Waals surface area contributed by atoms with Crippen molar-refractivity contribution < 1.29 is 4.74 Å². The number of H-pyrrole nitrogens is 1. The molecule has 0 bridgehead atoms. The van der Waals surface area contributed by atoms with Crippen LogP contribution in [0.1, 0.15) is 62.7 Å². The Morgan fingerprint density at radius 2 is 1.91 bits per heavy atom. The largest absolute Gasteiger partial charge is 0.494 e. The molecule has 5 rings (SSSR count). The van der Waals surface area contributed by atoms with E-state index in [1.54, 1.807) is 0 Å². The highest BCUT2D eigenvalue weighted by Gasteiger charge is 2.35. The molecule has 3 heterocycles. The van der Waals surface area contributed by atoms with Gasteiger partial charge < -0.3 is 9.72 Å². The predicted molar refractivity (Wildman–Crippen MR) is 136 cm³/mol. The second kappa shape index (κ2) is 9.26. The molecule has 2 aromatic carbocycles. The number of hydrogen-bond donors (Lipinski definition) is 1. The number of nitrogens with one attached hydrogen (secondary N) is 1. The van der Waals surface area contributed by atoms with Gasteiger partial charge in [0.05, 0.1) is 12.1 Å². The Morgan fingerprint density at radius 1 is 1.11 bits per heavy atom. The molecular formula is C27H32N6O2. The Labute approximate surface area is 204 Å². The first-order valence-corrected chi connectivity index (χ1v) is 12.3. The second-order valence-corrected chi connectivity index (χ2v) is 9.74. The molecule has 1 atom stereocenters. The van der Waals surface area contributed by atoms with E-state index in [1.165, 1.54) is 11.1 Å². The number of fused-ring (bicyclic) bond motifs is 2. The third-order valence-corrected chi connectivity index (χ3v) is 7.15. The van der Waals surface area contributed by atoms with Gasteiger partial charge in [-0.25, -0.2) is 4.68 Å². The van der Waals surface area contributed by atoms with Crippen LogP contribution in [0.2, 0.25) is 0 Å². The first-order chi connectivity index (χ1) is 16.9. The standard InChI is InChI=1S/C27H32N6O2/c1-5-27(3,4)33-25(29-30-31-33)24(32-14-13-18-9-7-8-10-19(18)17-32)22-16-20-15-21(35-6-2)11-12-23(20)28-26(22)34/h7-12,15-16,24H,5-6,13-14,17H2,1-4H3,(H,28,34)/t24-/m1/s1. The summed E-state index contributed by atoms with van der Waals surface area (Å²) in [7, 11) is 0. The molecule has 0 spiro atoms. The van der Waals surface area contributed by atoms with Crippen molar-refractivity contribution in [2.24, 2.45) is 0 Å². The van der Waals surface area contributed by atoms with Crippen LogP contribution in [0.15, 0.2) is 53.3 Å². The zero-order chi connectivity index (χ0) is 24.6. The number of benzene rings is 2. The fourth-order valence-electron chi connectivity index (χ4n) is 4.84. The van der Waals surface area contributed by atoms with E-state index in [9.17, 15) is 4.79 Å². The van der Waals surface area contributed by atoms with Gasteiger partial charge in [0.15, 0.2) is 5.82 Å². The first kappa shape index (κ1) is 23.2. The maximum Gasteiger partial charge on any atom is 0.253 e. The van der Waals surface area contributed by atoms with Gasteiger partial charge in [0.1, 0.15) is 11.8 Å². The molecule has 2 aromatic heterocycles. The van der Waals surface area contributed by atoms with E-state index in [0.29, 0.717) is 18.0 Å². The molecule has 1 aliphatic heterocycles. The summed E-state index contributed by atoms with van der Waals surface area (Å²) in [6.07, 6.45) is 1.76. The van der Waals surface area contributed by atoms with Crippen LogP contribution in [0.5, 0.6) is 5.75 Å². The number of aromatic amines is 1. The lowest BCUT2D eigenvalue weighted by molar-refractivity contribution is 0.181. The van der Waals surface area contributed by atoms with Gasteiger partial charge in [-0.3, -0.25) is 9.69 Å². The van der Waals surface area contributed by atoms with Crippen LogP contribution >= 0.6 is 0 Å². The molecule has 8 heteroatoms. The molecule has 35 heavy (non-hydrogen) atoms. The van der Waals surface area contributed by atoms with Crippen LogP contribution < -0.4 is 10.3 Å². The highest BCUT2D eigenvalue weighted by molar-refractivity contribution is 5.80. The molecule has 1 N–H and O–H groups in total. The summed E-state index contributed by atoms with van der Waals surface area (Å²) in [4.78, 5) is 18.9. The highest BCUT2D eigenvalue weighted by atomic mass is 16.5. The van der Waals surface area contributed by atoms with Crippen molar-refractivity contribution in [2.75, 3.05) is 13.2 Å². The number of hydrogen-bond acceptors (Lipinski definition) is 6. The summed E-state index contributed by atoms with van der Waals surface area (Å²) < 4.78 is 7.60. The van der Waals surface area contributed by atoms with E-state index >= 15 is 0 Å². The number of rotatable bonds is 7. The van der Waals surface area contributed by atoms with Crippen molar-refractivity contribution in [3.05, 3.63) is 81.4 Å². The lowest BCUT2D eigenvalue weighted by Gasteiger charge is -2.36. The van der Waals surface area contributed by atoms with Crippen molar-refractivity contribution in [3.8, 4) is 5.75 Å². The minimum Gasteiger partial charge on any atom is -0.494 e. The smallest absolute Gasteiger partial charge is 0.253 e. The molecule has 8 nitrogen and oxygen atoms in total. The molecule has 0 amide bonds. The Morgan fingerprint density at radius 3 is 2.69 bits per heavy atom. The van der Waals surface area contributed by atoms with Crippen LogP contribution in [0, 0.1) is 0 Å². The molecule has 4 aromatic rings. The minimum atomic E-state index is -0.395. The van der Waals surface area contributed by atoms with E-state index in [2.05, 4.69) is 70.4 Å². The van der Waals surface area contributed by atoms with E-state index < -0.39 is 6.04 Å². The van der Waals surface area contributed by atoms with Crippen molar-refractivity contribution in [1.29, 1.82) is 0 Å². The number of ether oxygens (including phenoxy) is 1. The van der Waals surface area contributed by atoms with Crippen LogP contribution in [0.4, 0.5) is 0 Å². The molecule has 1 aliphatic rings. The number of aromatic nitrogens is 5. The van der Waals surface area contributed by atoms with Crippen LogP contribution in [0.25, 0.3) is 10.9 Å². The quantitative estimate of drug-likeness (QED) is 0.434. The second-order valence-electron chi connectivity index (χ2n) is 9.74. The average Bonchev–Trinajstić information content (AvgIpc) is 3.35. The van der Waals surface area contributed by atoms with Gasteiger partial charge in [0.2, 0.25) is 0 Å².